The van der Waals surface area contributed by atoms with Crippen molar-refractivity contribution < 1.29 is 0 Å². The molecule has 0 nitrogen and oxygen atoms in total. The van der Waals surface area contributed by atoms with Crippen molar-refractivity contribution in [2.24, 2.45) is 17.3 Å². The zero-order valence-corrected chi connectivity index (χ0v) is 10.6. The van der Waals surface area contributed by atoms with Crippen LogP contribution in [-0.2, 0) is 0 Å². The quantitative estimate of drug-likeness (QED) is 0.591. The Kier molecular flexibility index (Phi) is 4.47. The highest BCUT2D eigenvalue weighted by atomic mass is 14.3. The van der Waals surface area contributed by atoms with Crippen LogP contribution >= 0.6 is 0 Å². The van der Waals surface area contributed by atoms with Gasteiger partial charge in [-0.1, -0.05) is 53.4 Å². The summed E-state index contributed by atoms with van der Waals surface area (Å²) in [5.74, 6) is 1.88. The second-order valence-electron chi connectivity index (χ2n) is 6.26. The smallest absolute Gasteiger partial charge is 0.0326 e. The SMILES string of the molecule is CC(C)CCC(C)(C)C1CCCCC1. The lowest BCUT2D eigenvalue weighted by Crippen LogP contribution is -2.26. The molecule has 0 unspecified atom stereocenters. The molecule has 0 saturated heterocycles. The molecule has 0 aromatic heterocycles. The third-order valence-corrected chi connectivity index (χ3v) is 4.08. The van der Waals surface area contributed by atoms with Crippen LogP contribution in [0, 0.1) is 17.3 Å². The summed E-state index contributed by atoms with van der Waals surface area (Å²) in [4.78, 5) is 0. The molecule has 0 N–H and O–H groups in total. The standard InChI is InChI=1S/C14H28/c1-12(2)10-11-14(3,4)13-8-6-5-7-9-13/h12-13H,5-11H2,1-4H3. The van der Waals surface area contributed by atoms with Crippen LogP contribution in [-0.4, -0.2) is 0 Å². The first-order valence-corrected chi connectivity index (χ1v) is 6.52. The molecule has 0 radical (unpaired) electrons. The zero-order chi connectivity index (χ0) is 10.6. The summed E-state index contributed by atoms with van der Waals surface area (Å²) in [7, 11) is 0. The molecule has 0 atom stereocenters. The van der Waals surface area contributed by atoms with Gasteiger partial charge in [0.25, 0.3) is 0 Å². The van der Waals surface area contributed by atoms with E-state index in [-0.39, 0.29) is 0 Å². The molecule has 1 aliphatic carbocycles. The normalized spacial score (nSPS) is 20.4. The highest BCUT2D eigenvalue weighted by Gasteiger charge is 2.29. The van der Waals surface area contributed by atoms with Gasteiger partial charge in [0, 0.05) is 0 Å². The summed E-state index contributed by atoms with van der Waals surface area (Å²) in [6.07, 6.45) is 10.3. The molecule has 0 bridgehead atoms. The molecule has 1 fully saturated rings. The lowest BCUT2D eigenvalue weighted by molar-refractivity contribution is 0.137. The van der Waals surface area contributed by atoms with Crippen LogP contribution in [0.15, 0.2) is 0 Å². The minimum absolute atomic E-state index is 0.602. The van der Waals surface area contributed by atoms with E-state index in [1.807, 2.05) is 0 Å². The first-order chi connectivity index (χ1) is 6.52. The van der Waals surface area contributed by atoms with E-state index < -0.39 is 0 Å². The summed E-state index contributed by atoms with van der Waals surface area (Å²) in [6, 6.07) is 0. The second kappa shape index (κ2) is 5.19. The Morgan fingerprint density at radius 1 is 1.07 bits per heavy atom. The fourth-order valence-corrected chi connectivity index (χ4v) is 2.75. The highest BCUT2D eigenvalue weighted by molar-refractivity contribution is 4.81. The Labute approximate surface area is 90.5 Å². The van der Waals surface area contributed by atoms with Crippen molar-refractivity contribution >= 4 is 0 Å². The van der Waals surface area contributed by atoms with Gasteiger partial charge in [-0.2, -0.15) is 0 Å². The van der Waals surface area contributed by atoms with Gasteiger partial charge in [-0.05, 0) is 36.5 Å². The van der Waals surface area contributed by atoms with Crippen LogP contribution in [0.3, 0.4) is 0 Å². The van der Waals surface area contributed by atoms with Crippen molar-refractivity contribution in [2.45, 2.75) is 72.6 Å². The fourth-order valence-electron chi connectivity index (χ4n) is 2.75. The van der Waals surface area contributed by atoms with Crippen LogP contribution in [0.4, 0.5) is 0 Å². The van der Waals surface area contributed by atoms with Gasteiger partial charge in [-0.25, -0.2) is 0 Å². The second-order valence-corrected chi connectivity index (χ2v) is 6.26. The molecule has 0 heterocycles. The van der Waals surface area contributed by atoms with Crippen molar-refractivity contribution in [3.63, 3.8) is 0 Å². The molecular formula is C14H28. The summed E-state index contributed by atoms with van der Waals surface area (Å²) in [5.41, 5.74) is 0.602. The van der Waals surface area contributed by atoms with E-state index in [2.05, 4.69) is 27.7 Å². The molecule has 14 heavy (non-hydrogen) atoms. The maximum Gasteiger partial charge on any atom is -0.0326 e. The number of hydrogen-bond acceptors (Lipinski definition) is 0. The Bertz CT molecular complexity index is 149. The van der Waals surface area contributed by atoms with Crippen LogP contribution < -0.4 is 0 Å². The van der Waals surface area contributed by atoms with E-state index in [1.54, 1.807) is 0 Å². The van der Waals surface area contributed by atoms with Gasteiger partial charge in [0.15, 0.2) is 0 Å². The maximum atomic E-state index is 2.49. The average molecular weight is 196 g/mol. The maximum absolute atomic E-state index is 2.49. The van der Waals surface area contributed by atoms with E-state index >= 15 is 0 Å². The van der Waals surface area contributed by atoms with Gasteiger partial charge < -0.3 is 0 Å². The summed E-state index contributed by atoms with van der Waals surface area (Å²) >= 11 is 0. The van der Waals surface area contributed by atoms with Crippen molar-refractivity contribution in [3.8, 4) is 0 Å². The molecule has 0 heteroatoms. The monoisotopic (exact) mass is 196 g/mol. The molecule has 0 aromatic carbocycles. The molecule has 0 aliphatic heterocycles. The van der Waals surface area contributed by atoms with Gasteiger partial charge in [0.2, 0.25) is 0 Å². The van der Waals surface area contributed by atoms with E-state index in [1.165, 1.54) is 44.9 Å². The Balaban J connectivity index is 2.37. The molecule has 1 rings (SSSR count). The van der Waals surface area contributed by atoms with E-state index in [0.29, 0.717) is 5.41 Å². The van der Waals surface area contributed by atoms with Crippen LogP contribution in [0.5, 0.6) is 0 Å². The van der Waals surface area contributed by atoms with Crippen LogP contribution in [0.25, 0.3) is 0 Å². The van der Waals surface area contributed by atoms with E-state index in [9.17, 15) is 0 Å². The minimum Gasteiger partial charge on any atom is -0.0628 e. The van der Waals surface area contributed by atoms with Crippen molar-refractivity contribution in [1.29, 1.82) is 0 Å². The highest BCUT2D eigenvalue weighted by Crippen LogP contribution is 2.41. The molecule has 84 valence electrons. The molecule has 1 saturated carbocycles. The van der Waals surface area contributed by atoms with Crippen LogP contribution in [0.2, 0.25) is 0 Å². The number of rotatable bonds is 4. The summed E-state index contributed by atoms with van der Waals surface area (Å²) in [5, 5.41) is 0. The van der Waals surface area contributed by atoms with Crippen molar-refractivity contribution in [2.75, 3.05) is 0 Å². The number of hydrogen-bond donors (Lipinski definition) is 0. The fraction of sp³-hybridized carbons (Fsp3) is 1.00. The largest absolute Gasteiger partial charge is 0.0628 e. The van der Waals surface area contributed by atoms with Gasteiger partial charge >= 0.3 is 0 Å². The third-order valence-electron chi connectivity index (χ3n) is 4.08. The molecule has 0 aromatic rings. The van der Waals surface area contributed by atoms with Gasteiger partial charge in [0.1, 0.15) is 0 Å². The molecule has 0 amide bonds. The lowest BCUT2D eigenvalue weighted by atomic mass is 9.68. The molecule has 1 aliphatic rings. The van der Waals surface area contributed by atoms with Gasteiger partial charge in [-0.15, -0.1) is 0 Å². The minimum atomic E-state index is 0.602. The molecule has 0 spiro atoms. The predicted molar refractivity (Wildman–Crippen MR) is 64.4 cm³/mol. The Morgan fingerprint density at radius 2 is 1.64 bits per heavy atom. The van der Waals surface area contributed by atoms with Crippen molar-refractivity contribution in [1.82, 2.24) is 0 Å². The lowest BCUT2D eigenvalue weighted by Gasteiger charge is -2.37. The average Bonchev–Trinajstić information content (AvgIpc) is 2.16. The first kappa shape index (κ1) is 12.1. The predicted octanol–water partition coefficient (Wildman–Crippen LogP) is 5.03. The Hall–Kier alpha value is 0. The van der Waals surface area contributed by atoms with E-state index in [4.69, 9.17) is 0 Å². The summed E-state index contributed by atoms with van der Waals surface area (Å²) in [6.45, 7) is 9.67. The first-order valence-electron chi connectivity index (χ1n) is 6.52. The summed E-state index contributed by atoms with van der Waals surface area (Å²) < 4.78 is 0. The molecular weight excluding hydrogens is 168 g/mol. The van der Waals surface area contributed by atoms with E-state index in [0.717, 1.165) is 11.8 Å². The zero-order valence-electron chi connectivity index (χ0n) is 10.6. The third kappa shape index (κ3) is 3.63. The topological polar surface area (TPSA) is 0 Å². The van der Waals surface area contributed by atoms with Gasteiger partial charge in [-0.3, -0.25) is 0 Å². The van der Waals surface area contributed by atoms with Crippen molar-refractivity contribution in [3.05, 3.63) is 0 Å². The Morgan fingerprint density at radius 3 is 2.14 bits per heavy atom. The van der Waals surface area contributed by atoms with Gasteiger partial charge in [0.05, 0.1) is 0 Å². The van der Waals surface area contributed by atoms with Crippen LogP contribution in [0.1, 0.15) is 72.6 Å².